The van der Waals surface area contributed by atoms with E-state index in [0.29, 0.717) is 12.1 Å². The topological polar surface area (TPSA) is 49.3 Å². The molecule has 0 aliphatic heterocycles. The Morgan fingerprint density at radius 3 is 2.87 bits per heavy atom. The molecule has 0 heterocycles. The number of aliphatic carboxylic acids is 1. The first-order chi connectivity index (χ1) is 7.13. The molecule has 0 aliphatic rings. The Kier molecular flexibility index (Phi) is 4.09. The zero-order valence-electron chi connectivity index (χ0n) is 8.53. The molecule has 1 atom stereocenters. The Morgan fingerprint density at radius 2 is 2.33 bits per heavy atom. The van der Waals surface area contributed by atoms with Crippen LogP contribution in [0.3, 0.4) is 0 Å². The largest absolute Gasteiger partial charge is 0.480 e. The molecule has 0 amide bonds. The summed E-state index contributed by atoms with van der Waals surface area (Å²) in [4.78, 5) is 10.8. The summed E-state index contributed by atoms with van der Waals surface area (Å²) in [6.45, 7) is 1.91. The Bertz CT molecular complexity index is 341. The van der Waals surface area contributed by atoms with Crippen molar-refractivity contribution >= 4 is 11.7 Å². The number of carboxylic acids is 1. The number of nitrogens with one attached hydrogen (secondary N) is 1. The molecule has 4 heteroatoms. The van der Waals surface area contributed by atoms with E-state index in [2.05, 4.69) is 5.32 Å². The van der Waals surface area contributed by atoms with E-state index in [9.17, 15) is 9.18 Å². The van der Waals surface area contributed by atoms with E-state index in [1.807, 2.05) is 6.92 Å². The molecule has 0 spiro atoms. The van der Waals surface area contributed by atoms with Gasteiger partial charge in [0.15, 0.2) is 0 Å². The lowest BCUT2D eigenvalue weighted by molar-refractivity contribution is -0.138. The van der Waals surface area contributed by atoms with Crippen LogP contribution in [0.4, 0.5) is 10.1 Å². The van der Waals surface area contributed by atoms with Crippen LogP contribution in [0.1, 0.15) is 19.8 Å². The number of hydrogen-bond donors (Lipinski definition) is 2. The molecule has 1 aromatic rings. The molecule has 0 aromatic heterocycles. The Morgan fingerprint density at radius 1 is 1.60 bits per heavy atom. The fourth-order valence-corrected chi connectivity index (χ4v) is 1.33. The lowest BCUT2D eigenvalue weighted by Crippen LogP contribution is -2.28. The van der Waals surface area contributed by atoms with E-state index in [1.165, 1.54) is 12.1 Å². The molecule has 0 unspecified atom stereocenters. The predicted molar refractivity (Wildman–Crippen MR) is 56.4 cm³/mol. The monoisotopic (exact) mass is 211 g/mol. The summed E-state index contributed by atoms with van der Waals surface area (Å²) in [6, 6.07) is 5.14. The van der Waals surface area contributed by atoms with Crippen molar-refractivity contribution in [2.75, 3.05) is 5.32 Å². The van der Waals surface area contributed by atoms with Gasteiger partial charge >= 0.3 is 5.97 Å². The molecule has 0 saturated heterocycles. The minimum absolute atomic E-state index is 0.374. The van der Waals surface area contributed by atoms with Crippen LogP contribution in [0.25, 0.3) is 0 Å². The van der Waals surface area contributed by atoms with Gasteiger partial charge < -0.3 is 10.4 Å². The van der Waals surface area contributed by atoms with E-state index in [1.54, 1.807) is 12.1 Å². The number of rotatable bonds is 5. The van der Waals surface area contributed by atoms with Gasteiger partial charge in [0, 0.05) is 5.69 Å². The highest BCUT2D eigenvalue weighted by molar-refractivity contribution is 5.77. The highest BCUT2D eigenvalue weighted by Crippen LogP contribution is 2.12. The van der Waals surface area contributed by atoms with Gasteiger partial charge in [-0.05, 0) is 24.6 Å². The lowest BCUT2D eigenvalue weighted by Gasteiger charge is -2.14. The summed E-state index contributed by atoms with van der Waals surface area (Å²) in [7, 11) is 0. The van der Waals surface area contributed by atoms with Gasteiger partial charge in [0.05, 0.1) is 0 Å². The molecule has 1 rings (SSSR count). The first kappa shape index (κ1) is 11.5. The van der Waals surface area contributed by atoms with Crippen LogP contribution in [0, 0.1) is 5.82 Å². The third kappa shape index (κ3) is 3.58. The van der Waals surface area contributed by atoms with Crippen molar-refractivity contribution in [3.05, 3.63) is 30.1 Å². The standard InChI is InChI=1S/C11H14FNO2/c1-2-4-10(11(14)15)13-9-6-3-5-8(12)7-9/h3,5-7,10,13H,2,4H2,1H3,(H,14,15)/t10-/m1/s1. The summed E-state index contributed by atoms with van der Waals surface area (Å²) < 4.78 is 12.8. The highest BCUT2D eigenvalue weighted by atomic mass is 19.1. The van der Waals surface area contributed by atoms with Gasteiger partial charge in [-0.3, -0.25) is 0 Å². The second-order valence-corrected chi connectivity index (χ2v) is 3.33. The average Bonchev–Trinajstić information content (AvgIpc) is 2.17. The number of anilines is 1. The van der Waals surface area contributed by atoms with Crippen molar-refractivity contribution < 1.29 is 14.3 Å². The lowest BCUT2D eigenvalue weighted by atomic mass is 10.1. The summed E-state index contributed by atoms with van der Waals surface area (Å²) in [5, 5.41) is 11.7. The van der Waals surface area contributed by atoms with Gasteiger partial charge in [-0.25, -0.2) is 9.18 Å². The molecule has 0 saturated carbocycles. The quantitative estimate of drug-likeness (QED) is 0.786. The maximum Gasteiger partial charge on any atom is 0.326 e. The minimum Gasteiger partial charge on any atom is -0.480 e. The number of hydrogen-bond acceptors (Lipinski definition) is 2. The van der Waals surface area contributed by atoms with Crippen molar-refractivity contribution in [2.24, 2.45) is 0 Å². The molecule has 82 valence electrons. The van der Waals surface area contributed by atoms with Crippen LogP contribution in [-0.4, -0.2) is 17.1 Å². The van der Waals surface area contributed by atoms with E-state index < -0.39 is 12.0 Å². The minimum atomic E-state index is -0.916. The molecule has 0 fully saturated rings. The van der Waals surface area contributed by atoms with Crippen molar-refractivity contribution in [1.82, 2.24) is 0 Å². The Hall–Kier alpha value is -1.58. The predicted octanol–water partition coefficient (Wildman–Crippen LogP) is 2.49. The first-order valence-electron chi connectivity index (χ1n) is 4.88. The fraction of sp³-hybridized carbons (Fsp3) is 0.364. The summed E-state index contributed by atoms with van der Waals surface area (Å²) in [5.74, 6) is -1.29. The van der Waals surface area contributed by atoms with Gasteiger partial charge in [-0.1, -0.05) is 19.4 Å². The number of benzene rings is 1. The van der Waals surface area contributed by atoms with Gasteiger partial charge in [-0.2, -0.15) is 0 Å². The zero-order chi connectivity index (χ0) is 11.3. The van der Waals surface area contributed by atoms with E-state index in [4.69, 9.17) is 5.11 Å². The molecule has 0 bridgehead atoms. The highest BCUT2D eigenvalue weighted by Gasteiger charge is 2.15. The molecule has 1 aromatic carbocycles. The molecular formula is C11H14FNO2. The average molecular weight is 211 g/mol. The van der Waals surface area contributed by atoms with Gasteiger partial charge in [0.1, 0.15) is 11.9 Å². The SMILES string of the molecule is CCC[C@@H](Nc1cccc(F)c1)C(=O)O. The molecule has 0 aliphatic carbocycles. The summed E-state index contributed by atoms with van der Waals surface area (Å²) in [6.07, 6.45) is 1.28. The van der Waals surface area contributed by atoms with Crippen LogP contribution in [0.15, 0.2) is 24.3 Å². The molecule has 2 N–H and O–H groups in total. The van der Waals surface area contributed by atoms with Crippen LogP contribution < -0.4 is 5.32 Å². The maximum absolute atomic E-state index is 12.8. The number of halogens is 1. The fourth-order valence-electron chi connectivity index (χ4n) is 1.33. The normalized spacial score (nSPS) is 12.1. The molecule has 0 radical (unpaired) electrons. The summed E-state index contributed by atoms with van der Waals surface area (Å²) >= 11 is 0. The van der Waals surface area contributed by atoms with Crippen LogP contribution >= 0.6 is 0 Å². The number of carboxylic acid groups (broad SMARTS) is 1. The second-order valence-electron chi connectivity index (χ2n) is 3.33. The van der Waals surface area contributed by atoms with E-state index >= 15 is 0 Å². The van der Waals surface area contributed by atoms with Crippen LogP contribution in [0.5, 0.6) is 0 Å². The Balaban J connectivity index is 2.69. The maximum atomic E-state index is 12.8. The van der Waals surface area contributed by atoms with Crippen molar-refractivity contribution in [3.8, 4) is 0 Å². The molecular weight excluding hydrogens is 197 g/mol. The van der Waals surface area contributed by atoms with E-state index in [-0.39, 0.29) is 5.82 Å². The van der Waals surface area contributed by atoms with Crippen LogP contribution in [0.2, 0.25) is 0 Å². The molecule has 3 nitrogen and oxygen atoms in total. The van der Waals surface area contributed by atoms with Gasteiger partial charge in [0.25, 0.3) is 0 Å². The zero-order valence-corrected chi connectivity index (χ0v) is 8.53. The smallest absolute Gasteiger partial charge is 0.326 e. The molecule has 15 heavy (non-hydrogen) atoms. The van der Waals surface area contributed by atoms with Gasteiger partial charge in [0.2, 0.25) is 0 Å². The third-order valence-electron chi connectivity index (χ3n) is 2.04. The summed E-state index contributed by atoms with van der Waals surface area (Å²) in [5.41, 5.74) is 0.496. The van der Waals surface area contributed by atoms with Crippen molar-refractivity contribution in [1.29, 1.82) is 0 Å². The van der Waals surface area contributed by atoms with Crippen molar-refractivity contribution in [3.63, 3.8) is 0 Å². The third-order valence-corrected chi connectivity index (χ3v) is 2.04. The van der Waals surface area contributed by atoms with Crippen molar-refractivity contribution in [2.45, 2.75) is 25.8 Å². The van der Waals surface area contributed by atoms with Crippen LogP contribution in [-0.2, 0) is 4.79 Å². The Labute approximate surface area is 87.9 Å². The van der Waals surface area contributed by atoms with E-state index in [0.717, 1.165) is 6.42 Å². The van der Waals surface area contributed by atoms with Gasteiger partial charge in [-0.15, -0.1) is 0 Å². The second kappa shape index (κ2) is 5.34. The first-order valence-corrected chi connectivity index (χ1v) is 4.88. The number of carbonyl (C=O) groups is 1.